The second-order valence-corrected chi connectivity index (χ2v) is 3.97. The molecule has 0 bridgehead atoms. The number of rotatable bonds is 5. The summed E-state index contributed by atoms with van der Waals surface area (Å²) < 4.78 is 2.14. The lowest BCUT2D eigenvalue weighted by atomic mass is 10.2. The molecule has 2 rings (SSSR count). The van der Waals surface area contributed by atoms with Crippen LogP contribution < -0.4 is 5.32 Å². The molecule has 0 radical (unpaired) electrons. The molecule has 80 valence electrons. The number of nitrogens with one attached hydrogen (secondary N) is 1. The van der Waals surface area contributed by atoms with Crippen LogP contribution in [0.25, 0.3) is 0 Å². The predicted octanol–water partition coefficient (Wildman–Crippen LogP) is 1.78. The van der Waals surface area contributed by atoms with E-state index in [9.17, 15) is 0 Å². The number of imidazole rings is 1. The smallest absolute Gasteiger partial charge is 0.138 e. The number of aromatic nitrogens is 2. The highest BCUT2D eigenvalue weighted by Gasteiger charge is 2.27. The van der Waals surface area contributed by atoms with Crippen LogP contribution in [0.15, 0.2) is 12.5 Å². The van der Waals surface area contributed by atoms with Gasteiger partial charge in [-0.2, -0.15) is 5.26 Å². The van der Waals surface area contributed by atoms with Crippen LogP contribution in [0.4, 0.5) is 0 Å². The Labute approximate surface area is 89.9 Å². The summed E-state index contributed by atoms with van der Waals surface area (Å²) in [6.45, 7) is 2.97. The van der Waals surface area contributed by atoms with E-state index in [4.69, 9.17) is 5.26 Å². The zero-order valence-electron chi connectivity index (χ0n) is 8.98. The maximum absolute atomic E-state index is 9.10. The third-order valence-corrected chi connectivity index (χ3v) is 2.66. The van der Waals surface area contributed by atoms with Crippen LogP contribution in [0.1, 0.15) is 44.0 Å². The van der Waals surface area contributed by atoms with Gasteiger partial charge >= 0.3 is 0 Å². The quantitative estimate of drug-likeness (QED) is 0.795. The van der Waals surface area contributed by atoms with Crippen molar-refractivity contribution < 1.29 is 0 Å². The lowest BCUT2D eigenvalue weighted by Gasteiger charge is -2.13. The van der Waals surface area contributed by atoms with Gasteiger partial charge < -0.3 is 4.57 Å². The van der Waals surface area contributed by atoms with Crippen molar-refractivity contribution in [3.05, 3.63) is 18.2 Å². The fourth-order valence-corrected chi connectivity index (χ4v) is 1.70. The van der Waals surface area contributed by atoms with Crippen LogP contribution in [0.2, 0.25) is 0 Å². The fourth-order valence-electron chi connectivity index (χ4n) is 1.70. The molecule has 1 aromatic heterocycles. The molecule has 1 heterocycles. The molecule has 1 unspecified atom stereocenters. The maximum Gasteiger partial charge on any atom is 0.138 e. The maximum atomic E-state index is 9.10. The van der Waals surface area contributed by atoms with Gasteiger partial charge in [-0.05, 0) is 25.8 Å². The van der Waals surface area contributed by atoms with Gasteiger partial charge in [0.25, 0.3) is 0 Å². The molecule has 1 aliphatic rings. The number of hydrogen-bond donors (Lipinski definition) is 1. The van der Waals surface area contributed by atoms with Gasteiger partial charge in [0.2, 0.25) is 0 Å². The van der Waals surface area contributed by atoms with Crippen molar-refractivity contribution in [2.24, 2.45) is 0 Å². The summed E-state index contributed by atoms with van der Waals surface area (Å²) in [5, 5.41) is 12.3. The van der Waals surface area contributed by atoms with Crippen LogP contribution in [0.3, 0.4) is 0 Å². The molecule has 0 amide bonds. The average molecular weight is 204 g/mol. The minimum absolute atomic E-state index is 0.215. The third-order valence-electron chi connectivity index (χ3n) is 2.66. The summed E-state index contributed by atoms with van der Waals surface area (Å²) in [6.07, 6.45) is 7.11. The molecule has 1 aliphatic carbocycles. The van der Waals surface area contributed by atoms with Gasteiger partial charge in [-0.3, -0.25) is 5.32 Å². The molecule has 0 spiro atoms. The normalized spacial score (nSPS) is 17.3. The molecule has 4 nitrogen and oxygen atoms in total. The van der Waals surface area contributed by atoms with Gasteiger partial charge in [0.15, 0.2) is 0 Å². The van der Waals surface area contributed by atoms with Crippen molar-refractivity contribution in [2.45, 2.75) is 38.3 Å². The first-order valence-electron chi connectivity index (χ1n) is 5.51. The largest absolute Gasteiger partial charge is 0.329 e. The second kappa shape index (κ2) is 4.45. The van der Waals surface area contributed by atoms with Crippen molar-refractivity contribution in [1.82, 2.24) is 14.9 Å². The van der Waals surface area contributed by atoms with Crippen molar-refractivity contribution in [1.29, 1.82) is 5.26 Å². The first kappa shape index (κ1) is 10.2. The van der Waals surface area contributed by atoms with Crippen molar-refractivity contribution >= 4 is 0 Å². The van der Waals surface area contributed by atoms with E-state index in [0.717, 1.165) is 18.7 Å². The Bertz CT molecular complexity index is 359. The summed E-state index contributed by atoms with van der Waals surface area (Å²) >= 11 is 0. The van der Waals surface area contributed by atoms with Crippen LogP contribution in [-0.2, 0) is 0 Å². The molecule has 0 aromatic carbocycles. The van der Waals surface area contributed by atoms with E-state index >= 15 is 0 Å². The van der Waals surface area contributed by atoms with Gasteiger partial charge in [-0.25, -0.2) is 4.98 Å². The molecule has 1 N–H and O–H groups in total. The Hall–Kier alpha value is -1.34. The summed E-state index contributed by atoms with van der Waals surface area (Å²) in [5.74, 6) is 0. The van der Waals surface area contributed by atoms with Gasteiger partial charge in [-0.15, -0.1) is 0 Å². The van der Waals surface area contributed by atoms with Crippen molar-refractivity contribution in [3.63, 3.8) is 0 Å². The number of nitriles is 1. The van der Waals surface area contributed by atoms with E-state index < -0.39 is 0 Å². The minimum Gasteiger partial charge on any atom is -0.329 e. The summed E-state index contributed by atoms with van der Waals surface area (Å²) in [5.41, 5.74) is 1.01. The molecule has 1 atom stereocenters. The highest BCUT2D eigenvalue weighted by atomic mass is 15.1. The lowest BCUT2D eigenvalue weighted by Crippen LogP contribution is -2.22. The Morgan fingerprint density at radius 3 is 3.13 bits per heavy atom. The Kier molecular flexibility index (Phi) is 3.02. The molecule has 4 heteroatoms. The average Bonchev–Trinajstić information content (AvgIpc) is 2.99. The lowest BCUT2D eigenvalue weighted by molar-refractivity contribution is 0.570. The summed E-state index contributed by atoms with van der Waals surface area (Å²) in [7, 11) is 0. The van der Waals surface area contributed by atoms with E-state index in [1.54, 1.807) is 6.20 Å². The topological polar surface area (TPSA) is 53.6 Å². The predicted molar refractivity (Wildman–Crippen MR) is 57.1 cm³/mol. The van der Waals surface area contributed by atoms with Gasteiger partial charge in [0, 0.05) is 6.04 Å². The fraction of sp³-hybridized carbons (Fsp3) is 0.636. The van der Waals surface area contributed by atoms with E-state index in [2.05, 4.69) is 27.9 Å². The van der Waals surface area contributed by atoms with E-state index in [0.29, 0.717) is 6.04 Å². The first-order valence-corrected chi connectivity index (χ1v) is 5.51. The van der Waals surface area contributed by atoms with Crippen molar-refractivity contribution in [3.8, 4) is 6.07 Å². The molecule has 15 heavy (non-hydrogen) atoms. The Morgan fingerprint density at radius 2 is 2.53 bits per heavy atom. The van der Waals surface area contributed by atoms with E-state index in [1.165, 1.54) is 12.8 Å². The van der Waals surface area contributed by atoms with Crippen LogP contribution in [0, 0.1) is 11.3 Å². The highest BCUT2D eigenvalue weighted by Crippen LogP contribution is 2.36. The SMILES string of the molecule is CCCNC(C#N)c1cncn1C1CC1. The summed E-state index contributed by atoms with van der Waals surface area (Å²) in [4.78, 5) is 4.13. The monoisotopic (exact) mass is 204 g/mol. The number of nitrogens with zero attached hydrogens (tertiary/aromatic N) is 3. The Balaban J connectivity index is 2.11. The standard InChI is InChI=1S/C11H16N4/c1-2-5-14-10(6-12)11-7-13-8-15(11)9-3-4-9/h7-10,14H,2-5H2,1H3. The summed E-state index contributed by atoms with van der Waals surface area (Å²) in [6, 6.07) is 2.66. The van der Waals surface area contributed by atoms with E-state index in [-0.39, 0.29) is 6.04 Å². The molecule has 1 fully saturated rings. The molecule has 1 saturated carbocycles. The molecule has 0 saturated heterocycles. The molecule has 1 aromatic rings. The highest BCUT2D eigenvalue weighted by molar-refractivity contribution is 5.15. The molecular formula is C11H16N4. The Morgan fingerprint density at radius 1 is 1.73 bits per heavy atom. The van der Waals surface area contributed by atoms with E-state index in [1.807, 2.05) is 6.33 Å². The zero-order valence-corrected chi connectivity index (χ0v) is 8.98. The van der Waals surface area contributed by atoms with Gasteiger partial charge in [0.05, 0.1) is 24.3 Å². The van der Waals surface area contributed by atoms with Crippen LogP contribution in [0.5, 0.6) is 0 Å². The van der Waals surface area contributed by atoms with Gasteiger partial charge in [0.1, 0.15) is 6.04 Å². The number of hydrogen-bond acceptors (Lipinski definition) is 3. The zero-order chi connectivity index (χ0) is 10.7. The minimum atomic E-state index is -0.215. The second-order valence-electron chi connectivity index (χ2n) is 3.97. The third kappa shape index (κ3) is 2.18. The van der Waals surface area contributed by atoms with Crippen LogP contribution >= 0.6 is 0 Å². The van der Waals surface area contributed by atoms with Crippen molar-refractivity contribution in [2.75, 3.05) is 6.54 Å². The first-order chi connectivity index (χ1) is 7.36. The molecule has 0 aliphatic heterocycles. The van der Waals surface area contributed by atoms with Gasteiger partial charge in [-0.1, -0.05) is 6.92 Å². The molecular weight excluding hydrogens is 188 g/mol. The van der Waals surface area contributed by atoms with Crippen LogP contribution in [-0.4, -0.2) is 16.1 Å².